The topological polar surface area (TPSA) is 87.0 Å². The van der Waals surface area contributed by atoms with E-state index in [1.54, 1.807) is 7.11 Å². The zero-order chi connectivity index (χ0) is 25.6. The molecule has 1 amide bonds. The summed E-state index contributed by atoms with van der Waals surface area (Å²) in [5, 5.41) is 7.24. The smallest absolute Gasteiger partial charge is 0.324 e. The minimum absolute atomic E-state index is 0.0306. The average molecular weight is 505 g/mol. The summed E-state index contributed by atoms with van der Waals surface area (Å²) < 4.78 is 10.8. The molecule has 0 unspecified atom stereocenters. The molecule has 2 fully saturated rings. The van der Waals surface area contributed by atoms with Gasteiger partial charge in [-0.15, -0.1) is 0 Å². The molecule has 0 spiro atoms. The second kappa shape index (κ2) is 11.7. The summed E-state index contributed by atoms with van der Waals surface area (Å²) >= 11 is 0. The number of carbonyl (C=O) groups is 1. The molecule has 3 heterocycles. The lowest BCUT2D eigenvalue weighted by Crippen LogP contribution is -2.45. The number of aromatic nitrogens is 2. The fourth-order valence-electron chi connectivity index (χ4n) is 5.03. The van der Waals surface area contributed by atoms with Crippen molar-refractivity contribution in [1.82, 2.24) is 19.9 Å². The summed E-state index contributed by atoms with van der Waals surface area (Å²) in [5.41, 5.74) is 2.96. The number of likely N-dealkylation sites (N-methyl/N-ethyl adjacent to an activating group) is 1. The fourth-order valence-corrected chi connectivity index (χ4v) is 5.03. The number of piperazine rings is 1. The van der Waals surface area contributed by atoms with Crippen LogP contribution in [0.2, 0.25) is 0 Å². The van der Waals surface area contributed by atoms with Gasteiger partial charge in [-0.05, 0) is 61.3 Å². The summed E-state index contributed by atoms with van der Waals surface area (Å²) in [6.45, 7) is 10.1. The summed E-state index contributed by atoms with van der Waals surface area (Å²) in [7, 11) is 1.63. The van der Waals surface area contributed by atoms with Crippen LogP contribution in [0, 0.1) is 5.92 Å². The first kappa shape index (κ1) is 25.2. The van der Waals surface area contributed by atoms with Gasteiger partial charge < -0.3 is 24.4 Å². The van der Waals surface area contributed by atoms with E-state index in [1.807, 2.05) is 41.3 Å². The van der Waals surface area contributed by atoms with Crippen molar-refractivity contribution in [3.63, 3.8) is 0 Å². The molecule has 2 aliphatic rings. The minimum atomic E-state index is -0.139. The van der Waals surface area contributed by atoms with Crippen molar-refractivity contribution < 1.29 is 14.1 Å². The maximum atomic E-state index is 13.1. The van der Waals surface area contributed by atoms with E-state index in [-0.39, 0.29) is 11.8 Å². The Kier molecular flexibility index (Phi) is 8.01. The van der Waals surface area contributed by atoms with Gasteiger partial charge in [0.1, 0.15) is 5.75 Å². The van der Waals surface area contributed by atoms with E-state index in [1.165, 1.54) is 5.56 Å². The van der Waals surface area contributed by atoms with Crippen molar-refractivity contribution in [2.75, 3.05) is 63.1 Å². The van der Waals surface area contributed by atoms with Crippen molar-refractivity contribution in [1.29, 1.82) is 0 Å². The highest BCUT2D eigenvalue weighted by Crippen LogP contribution is 2.26. The number of rotatable bonds is 8. The van der Waals surface area contributed by atoms with Crippen LogP contribution in [0.1, 0.15) is 25.3 Å². The van der Waals surface area contributed by atoms with Gasteiger partial charge in [0, 0.05) is 57.1 Å². The summed E-state index contributed by atoms with van der Waals surface area (Å²) in [6, 6.07) is 16.2. The average Bonchev–Trinajstić information content (AvgIpc) is 3.45. The Balaban J connectivity index is 1.14. The molecule has 3 aromatic rings. The number of hydrogen-bond acceptors (Lipinski definition) is 8. The number of nitrogens with one attached hydrogen (secondary N) is 1. The van der Waals surface area contributed by atoms with Crippen molar-refractivity contribution in [2.24, 2.45) is 5.92 Å². The number of ether oxygens (including phenoxy) is 1. The van der Waals surface area contributed by atoms with Gasteiger partial charge in [0.05, 0.1) is 13.0 Å². The maximum absolute atomic E-state index is 13.1. The third-order valence-corrected chi connectivity index (χ3v) is 7.37. The first-order valence-corrected chi connectivity index (χ1v) is 13.2. The van der Waals surface area contributed by atoms with Gasteiger partial charge in [-0.3, -0.25) is 9.69 Å². The van der Waals surface area contributed by atoms with Crippen LogP contribution in [-0.2, 0) is 11.3 Å². The van der Waals surface area contributed by atoms with Gasteiger partial charge in [-0.25, -0.2) is 0 Å². The molecule has 2 saturated heterocycles. The summed E-state index contributed by atoms with van der Waals surface area (Å²) in [6.07, 6.45) is 1.73. The lowest BCUT2D eigenvalue weighted by Gasteiger charge is -2.34. The third kappa shape index (κ3) is 6.29. The fraction of sp³-hybridized carbons (Fsp3) is 0.464. The molecule has 2 aromatic carbocycles. The molecule has 9 heteroatoms. The molecule has 37 heavy (non-hydrogen) atoms. The van der Waals surface area contributed by atoms with Gasteiger partial charge in [-0.2, -0.15) is 4.98 Å². The number of methoxy groups -OCH3 is 1. The van der Waals surface area contributed by atoms with E-state index in [4.69, 9.17) is 9.26 Å². The molecule has 1 aromatic heterocycles. The highest BCUT2D eigenvalue weighted by Gasteiger charge is 2.29. The maximum Gasteiger partial charge on any atom is 0.324 e. The van der Waals surface area contributed by atoms with Gasteiger partial charge in [0.25, 0.3) is 0 Å². The van der Waals surface area contributed by atoms with Gasteiger partial charge >= 0.3 is 6.01 Å². The SMILES string of the molecule is CCN1CCN(Cc2ccc(NC(=O)[C@@H]3CCCN(c4nc(-c5ccc(OC)cc5)no4)C3)cc2)CC1. The molecular formula is C28H36N6O3. The third-order valence-electron chi connectivity index (χ3n) is 7.37. The first-order valence-electron chi connectivity index (χ1n) is 13.2. The zero-order valence-corrected chi connectivity index (χ0v) is 21.7. The van der Waals surface area contributed by atoms with Crippen molar-refractivity contribution in [2.45, 2.75) is 26.3 Å². The molecular weight excluding hydrogens is 468 g/mol. The Hall–Kier alpha value is -3.43. The summed E-state index contributed by atoms with van der Waals surface area (Å²) in [5.74, 6) is 1.19. The standard InChI is InChI=1S/C28H36N6O3/c1-3-32-15-17-33(18-16-32)19-21-6-10-24(11-7-21)29-27(35)23-5-4-14-34(20-23)28-30-26(31-37-28)22-8-12-25(36-2)13-9-22/h6-13,23H,3-5,14-20H2,1-2H3,(H,29,35)/t23-/m1/s1. The molecule has 0 radical (unpaired) electrons. The van der Waals surface area contributed by atoms with Crippen molar-refractivity contribution >= 4 is 17.6 Å². The van der Waals surface area contributed by atoms with Gasteiger partial charge in [-0.1, -0.05) is 24.2 Å². The molecule has 9 nitrogen and oxygen atoms in total. The Morgan fingerprint density at radius 1 is 1.03 bits per heavy atom. The quantitative estimate of drug-likeness (QED) is 0.497. The van der Waals surface area contributed by atoms with Crippen LogP contribution in [0.15, 0.2) is 53.1 Å². The van der Waals surface area contributed by atoms with E-state index in [9.17, 15) is 4.79 Å². The molecule has 5 rings (SSSR count). The largest absolute Gasteiger partial charge is 0.497 e. The number of nitrogens with zero attached hydrogens (tertiary/aromatic N) is 5. The Morgan fingerprint density at radius 3 is 2.46 bits per heavy atom. The predicted molar refractivity (Wildman–Crippen MR) is 144 cm³/mol. The van der Waals surface area contributed by atoms with Crippen molar-refractivity contribution in [3.05, 3.63) is 54.1 Å². The molecule has 0 saturated carbocycles. The van der Waals surface area contributed by atoms with E-state index >= 15 is 0 Å². The molecule has 0 aliphatic carbocycles. The highest BCUT2D eigenvalue weighted by atomic mass is 16.5. The number of piperidine rings is 1. The van der Waals surface area contributed by atoms with Crippen LogP contribution in [0.5, 0.6) is 5.75 Å². The Bertz CT molecular complexity index is 1160. The predicted octanol–water partition coefficient (Wildman–Crippen LogP) is 3.74. The van der Waals surface area contributed by atoms with Crippen LogP contribution in [0.25, 0.3) is 11.4 Å². The molecule has 1 atom stereocenters. The lowest BCUT2D eigenvalue weighted by molar-refractivity contribution is -0.120. The minimum Gasteiger partial charge on any atom is -0.497 e. The van der Waals surface area contributed by atoms with E-state index < -0.39 is 0 Å². The van der Waals surface area contributed by atoms with Crippen LogP contribution in [0.3, 0.4) is 0 Å². The first-order chi connectivity index (χ1) is 18.1. The van der Waals surface area contributed by atoms with Crippen LogP contribution in [-0.4, -0.2) is 78.8 Å². The van der Waals surface area contributed by atoms with Crippen molar-refractivity contribution in [3.8, 4) is 17.1 Å². The van der Waals surface area contributed by atoms with Crippen LogP contribution >= 0.6 is 0 Å². The van der Waals surface area contributed by atoms with Crippen LogP contribution in [0.4, 0.5) is 11.7 Å². The zero-order valence-electron chi connectivity index (χ0n) is 21.7. The second-order valence-corrected chi connectivity index (χ2v) is 9.81. The number of carbonyl (C=O) groups excluding carboxylic acids is 1. The Labute approximate surface area is 218 Å². The molecule has 1 N–H and O–H groups in total. The van der Waals surface area contributed by atoms with Gasteiger partial charge in [0.15, 0.2) is 0 Å². The normalized spacial score (nSPS) is 19.1. The number of amides is 1. The molecule has 2 aliphatic heterocycles. The van der Waals surface area contributed by atoms with E-state index in [2.05, 4.69) is 44.3 Å². The summed E-state index contributed by atoms with van der Waals surface area (Å²) in [4.78, 5) is 24.6. The highest BCUT2D eigenvalue weighted by molar-refractivity contribution is 5.93. The van der Waals surface area contributed by atoms with E-state index in [0.717, 1.165) is 75.7 Å². The van der Waals surface area contributed by atoms with Gasteiger partial charge in [0.2, 0.25) is 11.7 Å². The lowest BCUT2D eigenvalue weighted by atomic mass is 9.97. The second-order valence-electron chi connectivity index (χ2n) is 9.81. The number of benzene rings is 2. The number of hydrogen-bond donors (Lipinski definition) is 1. The Morgan fingerprint density at radius 2 is 1.76 bits per heavy atom. The monoisotopic (exact) mass is 504 g/mol. The van der Waals surface area contributed by atoms with E-state index in [0.29, 0.717) is 18.4 Å². The number of anilines is 2. The molecule has 196 valence electrons. The molecule has 0 bridgehead atoms. The van der Waals surface area contributed by atoms with Crippen LogP contribution < -0.4 is 15.0 Å².